The molecule has 1 amide bonds. The van der Waals surface area contributed by atoms with E-state index in [1.165, 1.54) is 6.07 Å². The molecule has 0 saturated heterocycles. The van der Waals surface area contributed by atoms with Crippen molar-refractivity contribution in [1.29, 1.82) is 0 Å². The Hall–Kier alpha value is -3.85. The minimum Gasteiger partial charge on any atom is -0.493 e. The molecule has 3 aromatic carbocycles. The molecular formula is C27H25F2N3O3S. The van der Waals surface area contributed by atoms with Crippen LogP contribution in [-0.4, -0.2) is 26.5 Å². The average molecular weight is 510 g/mol. The highest BCUT2D eigenvalue weighted by Crippen LogP contribution is 2.23. The van der Waals surface area contributed by atoms with E-state index in [1.54, 1.807) is 6.20 Å². The highest BCUT2D eigenvalue weighted by Gasteiger charge is 2.14. The summed E-state index contributed by atoms with van der Waals surface area (Å²) < 4.78 is 49.1. The fourth-order valence-corrected chi connectivity index (χ4v) is 4.43. The summed E-state index contributed by atoms with van der Waals surface area (Å²) in [6.07, 6.45) is 4.72. The quantitative estimate of drug-likeness (QED) is 0.321. The molecule has 0 aliphatic carbocycles. The number of nitrogens with zero attached hydrogens (tertiary/aromatic N) is 2. The van der Waals surface area contributed by atoms with E-state index in [0.29, 0.717) is 25.3 Å². The van der Waals surface area contributed by atoms with Gasteiger partial charge in [-0.2, -0.15) is 5.10 Å². The summed E-state index contributed by atoms with van der Waals surface area (Å²) in [6, 6.07) is 20.5. The lowest BCUT2D eigenvalue weighted by Gasteiger charge is -2.14. The maximum atomic E-state index is 13.4. The molecule has 6 nitrogen and oxygen atoms in total. The van der Waals surface area contributed by atoms with Gasteiger partial charge in [-0.05, 0) is 53.4 Å². The van der Waals surface area contributed by atoms with Gasteiger partial charge in [0.2, 0.25) is 5.91 Å². The molecule has 1 heterocycles. The smallest absolute Gasteiger partial charge is 0.232 e. The third kappa shape index (κ3) is 7.08. The van der Waals surface area contributed by atoms with Gasteiger partial charge in [0.25, 0.3) is 0 Å². The van der Waals surface area contributed by atoms with E-state index in [0.717, 1.165) is 35.2 Å². The van der Waals surface area contributed by atoms with Crippen LogP contribution in [0.15, 0.2) is 90.1 Å². The van der Waals surface area contributed by atoms with Gasteiger partial charge in [0, 0.05) is 25.2 Å². The lowest BCUT2D eigenvalue weighted by atomic mass is 10.1. The molecule has 4 aromatic rings. The Kier molecular flexibility index (Phi) is 8.57. The van der Waals surface area contributed by atoms with Gasteiger partial charge in [0.15, 0.2) is 22.6 Å². The SMILES string of the molecule is O=C(CCc1ccc(Cn2cccn2)cc1OCCc1ccccc1)NS(=O)c1ccc(F)c(F)c1. The maximum absolute atomic E-state index is 13.4. The highest BCUT2D eigenvalue weighted by atomic mass is 32.2. The summed E-state index contributed by atoms with van der Waals surface area (Å²) in [5.41, 5.74) is 2.99. The number of hydrogen-bond acceptors (Lipinski definition) is 4. The Labute approximate surface area is 210 Å². The normalized spacial score (nSPS) is 11.7. The zero-order chi connectivity index (χ0) is 25.3. The molecule has 9 heteroatoms. The molecule has 36 heavy (non-hydrogen) atoms. The molecule has 1 aromatic heterocycles. The van der Waals surface area contributed by atoms with Crippen LogP contribution in [0.5, 0.6) is 5.75 Å². The van der Waals surface area contributed by atoms with Crippen LogP contribution in [-0.2, 0) is 35.2 Å². The molecule has 4 rings (SSSR count). The van der Waals surface area contributed by atoms with E-state index in [2.05, 4.69) is 9.82 Å². The molecule has 0 aliphatic rings. The van der Waals surface area contributed by atoms with Gasteiger partial charge >= 0.3 is 0 Å². The van der Waals surface area contributed by atoms with Crippen LogP contribution >= 0.6 is 0 Å². The number of halogens is 2. The van der Waals surface area contributed by atoms with Crippen LogP contribution in [0, 0.1) is 11.6 Å². The lowest BCUT2D eigenvalue weighted by molar-refractivity contribution is -0.119. The Balaban J connectivity index is 1.40. The molecule has 1 N–H and O–H groups in total. The van der Waals surface area contributed by atoms with Gasteiger partial charge in [-0.1, -0.05) is 42.5 Å². The first-order chi connectivity index (χ1) is 17.5. The van der Waals surface area contributed by atoms with Crippen LogP contribution in [0.2, 0.25) is 0 Å². The first-order valence-electron chi connectivity index (χ1n) is 11.4. The molecule has 1 atom stereocenters. The van der Waals surface area contributed by atoms with Crippen molar-refractivity contribution >= 4 is 16.9 Å². The first kappa shape index (κ1) is 25.2. The number of hydrogen-bond donors (Lipinski definition) is 1. The second-order valence-corrected chi connectivity index (χ2v) is 9.31. The molecule has 0 aliphatic heterocycles. The second kappa shape index (κ2) is 12.2. The summed E-state index contributed by atoms with van der Waals surface area (Å²) in [4.78, 5) is 12.4. The van der Waals surface area contributed by atoms with Crippen molar-refractivity contribution in [3.63, 3.8) is 0 Å². The minimum absolute atomic E-state index is 0.0184. The number of carbonyl (C=O) groups excluding carboxylic acids is 1. The van der Waals surface area contributed by atoms with E-state index in [9.17, 15) is 17.8 Å². The van der Waals surface area contributed by atoms with Gasteiger partial charge in [-0.25, -0.2) is 13.0 Å². The van der Waals surface area contributed by atoms with E-state index in [1.807, 2.05) is 65.5 Å². The fourth-order valence-electron chi connectivity index (χ4n) is 3.60. The van der Waals surface area contributed by atoms with Gasteiger partial charge in [0.1, 0.15) is 5.75 Å². The molecule has 0 spiro atoms. The number of rotatable bonds is 11. The molecular weight excluding hydrogens is 484 g/mol. The predicted octanol–water partition coefficient (Wildman–Crippen LogP) is 4.60. The van der Waals surface area contributed by atoms with Crippen molar-refractivity contribution in [3.05, 3.63) is 114 Å². The third-order valence-corrected chi connectivity index (χ3v) is 6.55. The van der Waals surface area contributed by atoms with E-state index in [4.69, 9.17) is 4.74 Å². The lowest BCUT2D eigenvalue weighted by Crippen LogP contribution is -2.26. The van der Waals surface area contributed by atoms with Crippen LogP contribution in [0.3, 0.4) is 0 Å². The number of benzene rings is 3. The fraction of sp³-hybridized carbons (Fsp3) is 0.185. The van der Waals surface area contributed by atoms with Gasteiger partial charge in [-0.15, -0.1) is 0 Å². The van der Waals surface area contributed by atoms with Crippen molar-refractivity contribution in [2.75, 3.05) is 6.61 Å². The van der Waals surface area contributed by atoms with Crippen LogP contribution < -0.4 is 9.46 Å². The summed E-state index contributed by atoms with van der Waals surface area (Å²) >= 11 is 0. The van der Waals surface area contributed by atoms with E-state index >= 15 is 0 Å². The number of ether oxygens (including phenoxy) is 1. The standard InChI is InChI=1S/C27H25F2N3O3S/c28-24-11-10-23(18-25(24)29)36(34)31-27(33)12-9-22-8-7-21(19-32-15-4-14-30-32)17-26(22)35-16-13-20-5-2-1-3-6-20/h1-8,10-11,14-15,17-18H,9,12-13,16,19H2,(H,31,33). The van der Waals surface area contributed by atoms with Crippen molar-refractivity contribution in [1.82, 2.24) is 14.5 Å². The number of aryl methyl sites for hydroxylation is 1. The third-order valence-electron chi connectivity index (χ3n) is 5.46. The minimum atomic E-state index is -1.99. The summed E-state index contributed by atoms with van der Waals surface area (Å²) in [5, 5.41) is 4.24. The molecule has 0 saturated carbocycles. The number of carbonyl (C=O) groups is 1. The van der Waals surface area contributed by atoms with Crippen LogP contribution in [0.4, 0.5) is 8.78 Å². The molecule has 0 radical (unpaired) electrons. The first-order valence-corrected chi connectivity index (χ1v) is 12.5. The maximum Gasteiger partial charge on any atom is 0.232 e. The van der Waals surface area contributed by atoms with Crippen molar-refractivity contribution in [2.45, 2.75) is 30.7 Å². The van der Waals surface area contributed by atoms with E-state index in [-0.39, 0.29) is 11.3 Å². The zero-order valence-corrected chi connectivity index (χ0v) is 20.2. The molecule has 0 bridgehead atoms. The number of nitrogens with one attached hydrogen (secondary N) is 1. The number of amides is 1. The zero-order valence-electron chi connectivity index (χ0n) is 19.4. The van der Waals surface area contributed by atoms with Crippen molar-refractivity contribution in [3.8, 4) is 5.75 Å². The van der Waals surface area contributed by atoms with Crippen LogP contribution in [0.1, 0.15) is 23.1 Å². The van der Waals surface area contributed by atoms with Gasteiger partial charge in [0.05, 0.1) is 18.0 Å². The molecule has 0 fully saturated rings. The van der Waals surface area contributed by atoms with E-state index < -0.39 is 28.5 Å². The monoisotopic (exact) mass is 509 g/mol. The summed E-state index contributed by atoms with van der Waals surface area (Å²) in [5.74, 6) is -1.97. The number of aromatic nitrogens is 2. The largest absolute Gasteiger partial charge is 0.493 e. The summed E-state index contributed by atoms with van der Waals surface area (Å²) in [7, 11) is -1.99. The van der Waals surface area contributed by atoms with Crippen molar-refractivity contribution < 1.29 is 22.5 Å². The molecule has 1 unspecified atom stereocenters. The Morgan fingerprint density at radius 1 is 0.944 bits per heavy atom. The Morgan fingerprint density at radius 2 is 1.78 bits per heavy atom. The predicted molar refractivity (Wildman–Crippen MR) is 133 cm³/mol. The van der Waals surface area contributed by atoms with Gasteiger partial charge in [-0.3, -0.25) is 14.2 Å². The topological polar surface area (TPSA) is 73.2 Å². The molecule has 186 valence electrons. The Morgan fingerprint density at radius 3 is 2.53 bits per heavy atom. The average Bonchev–Trinajstić information content (AvgIpc) is 3.39. The van der Waals surface area contributed by atoms with Gasteiger partial charge < -0.3 is 4.74 Å². The Bertz CT molecular complexity index is 1330. The summed E-state index contributed by atoms with van der Waals surface area (Å²) in [6.45, 7) is 1.05. The second-order valence-electron chi connectivity index (χ2n) is 8.10. The van der Waals surface area contributed by atoms with Crippen LogP contribution in [0.25, 0.3) is 0 Å². The highest BCUT2D eigenvalue weighted by molar-refractivity contribution is 7.83. The van der Waals surface area contributed by atoms with Crippen molar-refractivity contribution in [2.24, 2.45) is 0 Å².